The predicted molar refractivity (Wildman–Crippen MR) is 80.2 cm³/mol. The Labute approximate surface area is 121 Å². The Morgan fingerprint density at radius 2 is 2.05 bits per heavy atom. The third-order valence-corrected chi connectivity index (χ3v) is 3.50. The van der Waals surface area contributed by atoms with E-state index in [9.17, 15) is 0 Å². The highest BCUT2D eigenvalue weighted by Crippen LogP contribution is 2.31. The maximum Gasteiger partial charge on any atom is 0.165 e. The highest BCUT2D eigenvalue weighted by atomic mass is 79.9. The lowest BCUT2D eigenvalue weighted by atomic mass is 10.1. The smallest absolute Gasteiger partial charge is 0.165 e. The summed E-state index contributed by atoms with van der Waals surface area (Å²) >= 11 is 3.45. The van der Waals surface area contributed by atoms with Crippen molar-refractivity contribution in [3.05, 3.63) is 33.9 Å². The molecule has 0 saturated carbocycles. The van der Waals surface area contributed by atoms with E-state index in [2.05, 4.69) is 25.9 Å². The van der Waals surface area contributed by atoms with Crippen LogP contribution >= 0.6 is 15.9 Å². The van der Waals surface area contributed by atoms with Crippen molar-refractivity contribution < 1.29 is 4.74 Å². The zero-order valence-electron chi connectivity index (χ0n) is 11.2. The van der Waals surface area contributed by atoms with Crippen molar-refractivity contribution in [1.29, 1.82) is 0 Å². The molecule has 2 rings (SSSR count). The summed E-state index contributed by atoms with van der Waals surface area (Å²) in [6.07, 6.45) is 0.827. The van der Waals surface area contributed by atoms with Gasteiger partial charge in [-0.3, -0.25) is 0 Å². The first kappa shape index (κ1) is 13.8. The van der Waals surface area contributed by atoms with Crippen molar-refractivity contribution in [3.8, 4) is 17.1 Å². The fraction of sp³-hybridized carbons (Fsp3) is 0.286. The van der Waals surface area contributed by atoms with Crippen molar-refractivity contribution in [2.75, 3.05) is 12.8 Å². The molecule has 0 saturated heterocycles. The van der Waals surface area contributed by atoms with Gasteiger partial charge in [0.2, 0.25) is 0 Å². The number of benzene rings is 1. The monoisotopic (exact) mass is 321 g/mol. The molecule has 0 unspecified atom stereocenters. The number of nitrogens with zero attached hydrogens (tertiary/aromatic N) is 2. The Morgan fingerprint density at radius 3 is 2.63 bits per heavy atom. The second-order valence-corrected chi connectivity index (χ2v) is 5.11. The second-order valence-electron chi connectivity index (χ2n) is 4.19. The molecular formula is C14H16BrN3O. The van der Waals surface area contributed by atoms with E-state index in [-0.39, 0.29) is 0 Å². The van der Waals surface area contributed by atoms with Crippen molar-refractivity contribution in [3.63, 3.8) is 0 Å². The van der Waals surface area contributed by atoms with Gasteiger partial charge in [0.15, 0.2) is 5.82 Å². The van der Waals surface area contributed by atoms with Gasteiger partial charge in [-0.2, -0.15) is 0 Å². The van der Waals surface area contributed by atoms with Crippen LogP contribution in [0.15, 0.2) is 22.7 Å². The minimum atomic E-state index is 0.534. The Morgan fingerprint density at radius 1 is 1.32 bits per heavy atom. The van der Waals surface area contributed by atoms with E-state index in [0.717, 1.165) is 33.5 Å². The lowest BCUT2D eigenvalue weighted by molar-refractivity contribution is 0.416. The molecule has 19 heavy (non-hydrogen) atoms. The number of nitrogens with two attached hydrogens (primary N) is 1. The molecule has 1 aromatic heterocycles. The van der Waals surface area contributed by atoms with Crippen LogP contribution in [0.3, 0.4) is 0 Å². The zero-order chi connectivity index (χ0) is 14.0. The number of hydrogen-bond acceptors (Lipinski definition) is 4. The highest BCUT2D eigenvalue weighted by molar-refractivity contribution is 9.10. The van der Waals surface area contributed by atoms with E-state index in [4.69, 9.17) is 10.5 Å². The van der Waals surface area contributed by atoms with E-state index >= 15 is 0 Å². The topological polar surface area (TPSA) is 61.0 Å². The standard InChI is InChI=1S/C14H16BrN3O/c1-4-10-8(2)17-14(18-13(10)16)11-7-9(15)5-6-12(11)19-3/h5-7H,4H2,1-3H3,(H2,16,17,18). The first-order valence-corrected chi connectivity index (χ1v) is 6.83. The molecule has 0 amide bonds. The zero-order valence-corrected chi connectivity index (χ0v) is 12.8. The number of aryl methyl sites for hydroxylation is 1. The number of halogens is 1. The molecule has 100 valence electrons. The van der Waals surface area contributed by atoms with Crippen molar-refractivity contribution in [2.45, 2.75) is 20.3 Å². The van der Waals surface area contributed by atoms with Gasteiger partial charge in [-0.25, -0.2) is 9.97 Å². The van der Waals surface area contributed by atoms with Gasteiger partial charge >= 0.3 is 0 Å². The molecule has 4 nitrogen and oxygen atoms in total. The van der Waals surface area contributed by atoms with Crippen LogP contribution in [0.1, 0.15) is 18.2 Å². The van der Waals surface area contributed by atoms with Crippen molar-refractivity contribution in [2.24, 2.45) is 0 Å². The highest BCUT2D eigenvalue weighted by Gasteiger charge is 2.13. The molecule has 0 radical (unpaired) electrons. The molecule has 0 aliphatic heterocycles. The van der Waals surface area contributed by atoms with Crippen LogP contribution in [-0.2, 0) is 6.42 Å². The SMILES string of the molecule is CCc1c(C)nc(-c2cc(Br)ccc2OC)nc1N. The van der Waals surface area contributed by atoms with Crippen molar-refractivity contribution >= 4 is 21.7 Å². The summed E-state index contributed by atoms with van der Waals surface area (Å²) in [7, 11) is 1.63. The lowest BCUT2D eigenvalue weighted by Gasteiger charge is -2.11. The number of anilines is 1. The van der Waals surface area contributed by atoms with Gasteiger partial charge < -0.3 is 10.5 Å². The van der Waals surface area contributed by atoms with E-state index < -0.39 is 0 Å². The Hall–Kier alpha value is -1.62. The third kappa shape index (κ3) is 2.71. The molecule has 1 aromatic carbocycles. The molecule has 0 spiro atoms. The van der Waals surface area contributed by atoms with E-state index in [0.29, 0.717) is 11.6 Å². The van der Waals surface area contributed by atoms with E-state index in [1.807, 2.05) is 32.0 Å². The summed E-state index contributed by atoms with van der Waals surface area (Å²) in [5.74, 6) is 1.85. The van der Waals surface area contributed by atoms with Crippen LogP contribution < -0.4 is 10.5 Å². The Kier molecular flexibility index (Phi) is 4.04. The number of hydrogen-bond donors (Lipinski definition) is 1. The quantitative estimate of drug-likeness (QED) is 0.941. The van der Waals surface area contributed by atoms with Crippen molar-refractivity contribution in [1.82, 2.24) is 9.97 Å². The number of rotatable bonds is 3. The summed E-state index contributed by atoms with van der Waals surface area (Å²) < 4.78 is 6.30. The maximum atomic E-state index is 6.00. The molecule has 2 N–H and O–H groups in total. The van der Waals surface area contributed by atoms with Gasteiger partial charge in [0.25, 0.3) is 0 Å². The molecule has 0 aliphatic carbocycles. The lowest BCUT2D eigenvalue weighted by Crippen LogP contribution is -2.05. The van der Waals surface area contributed by atoms with Crippen LogP contribution in [0.4, 0.5) is 5.82 Å². The minimum absolute atomic E-state index is 0.534. The van der Waals surface area contributed by atoms with Gasteiger partial charge in [-0.15, -0.1) is 0 Å². The van der Waals surface area contributed by atoms with E-state index in [1.165, 1.54) is 0 Å². The fourth-order valence-electron chi connectivity index (χ4n) is 2.03. The van der Waals surface area contributed by atoms with Gasteiger partial charge in [-0.05, 0) is 31.5 Å². The normalized spacial score (nSPS) is 10.5. The molecule has 0 fully saturated rings. The summed E-state index contributed by atoms with van der Waals surface area (Å²) in [4.78, 5) is 8.92. The first-order valence-electron chi connectivity index (χ1n) is 6.03. The van der Waals surface area contributed by atoms with Gasteiger partial charge in [-0.1, -0.05) is 22.9 Å². The average molecular weight is 322 g/mol. The number of nitrogen functional groups attached to an aromatic ring is 1. The maximum absolute atomic E-state index is 6.00. The summed E-state index contributed by atoms with van der Waals surface area (Å²) in [5, 5.41) is 0. The Balaban J connectivity index is 2.62. The van der Waals surface area contributed by atoms with Crippen LogP contribution in [0.5, 0.6) is 5.75 Å². The van der Waals surface area contributed by atoms with Crippen LogP contribution in [0.25, 0.3) is 11.4 Å². The number of aromatic nitrogens is 2. The second kappa shape index (κ2) is 5.57. The largest absolute Gasteiger partial charge is 0.496 e. The molecule has 1 heterocycles. The predicted octanol–water partition coefficient (Wildman–Crippen LogP) is 3.37. The van der Waals surface area contributed by atoms with Crippen LogP contribution in [0.2, 0.25) is 0 Å². The molecule has 5 heteroatoms. The molecule has 2 aromatic rings. The summed E-state index contributed by atoms with van der Waals surface area (Å²) in [5.41, 5.74) is 8.73. The van der Waals surface area contributed by atoms with E-state index in [1.54, 1.807) is 7.11 Å². The summed E-state index contributed by atoms with van der Waals surface area (Å²) in [6, 6.07) is 5.72. The number of methoxy groups -OCH3 is 1. The fourth-order valence-corrected chi connectivity index (χ4v) is 2.39. The van der Waals surface area contributed by atoms with Gasteiger partial charge in [0, 0.05) is 15.7 Å². The van der Waals surface area contributed by atoms with Gasteiger partial charge in [0.05, 0.1) is 12.7 Å². The number of ether oxygens (including phenoxy) is 1. The van der Waals surface area contributed by atoms with Crippen LogP contribution in [0, 0.1) is 6.92 Å². The average Bonchev–Trinajstić information content (AvgIpc) is 2.38. The minimum Gasteiger partial charge on any atom is -0.496 e. The first-order chi connectivity index (χ1) is 9.06. The molecule has 0 aliphatic rings. The van der Waals surface area contributed by atoms with Crippen LogP contribution in [-0.4, -0.2) is 17.1 Å². The molecular weight excluding hydrogens is 306 g/mol. The van der Waals surface area contributed by atoms with Gasteiger partial charge in [0.1, 0.15) is 11.6 Å². The Bertz CT molecular complexity index is 591. The molecule has 0 atom stereocenters. The summed E-state index contributed by atoms with van der Waals surface area (Å²) in [6.45, 7) is 3.99. The third-order valence-electron chi connectivity index (χ3n) is 3.00. The molecule has 0 bridgehead atoms.